The summed E-state index contributed by atoms with van der Waals surface area (Å²) in [5.74, 6) is 0. The summed E-state index contributed by atoms with van der Waals surface area (Å²) in [5, 5.41) is 5.21. The fraction of sp³-hybridized carbons (Fsp3) is 0. The van der Waals surface area contributed by atoms with Gasteiger partial charge in [-0.25, -0.2) is 0 Å². The molecule has 0 amide bonds. The maximum atomic E-state index is 10.7. The van der Waals surface area contributed by atoms with E-state index in [1.165, 1.54) is 6.07 Å². The van der Waals surface area contributed by atoms with Crippen LogP contribution in [0.1, 0.15) is 0 Å². The minimum absolute atomic E-state index is 0.110. The molecule has 56 valence electrons. The van der Waals surface area contributed by atoms with Crippen LogP contribution < -0.4 is 5.56 Å². The summed E-state index contributed by atoms with van der Waals surface area (Å²) in [6.07, 6.45) is 3.62. The van der Waals surface area contributed by atoms with Crippen molar-refractivity contribution in [2.75, 3.05) is 0 Å². The molecule has 4 nitrogen and oxygen atoms in total. The highest BCUT2D eigenvalue weighted by Crippen LogP contribution is 2.11. The van der Waals surface area contributed by atoms with E-state index in [2.05, 4.69) is 15.2 Å². The fourth-order valence-corrected chi connectivity index (χ4v) is 0.979. The standard InChI is InChI=1S/C7H7N3O/c11-7-3-6(9-10-7)5-1-2-8-4-5/h1-4,8H,(H2,9,10,11). The van der Waals surface area contributed by atoms with Crippen LogP contribution in [0.5, 0.6) is 0 Å². The summed E-state index contributed by atoms with van der Waals surface area (Å²) in [6, 6.07) is 3.41. The van der Waals surface area contributed by atoms with Gasteiger partial charge in [0, 0.05) is 24.0 Å². The van der Waals surface area contributed by atoms with Crippen molar-refractivity contribution in [3.8, 4) is 11.3 Å². The molecule has 0 aliphatic heterocycles. The van der Waals surface area contributed by atoms with Crippen molar-refractivity contribution in [3.05, 3.63) is 34.9 Å². The first-order valence-corrected chi connectivity index (χ1v) is 3.27. The van der Waals surface area contributed by atoms with Gasteiger partial charge >= 0.3 is 0 Å². The summed E-state index contributed by atoms with van der Waals surface area (Å²) < 4.78 is 0. The Balaban J connectivity index is 2.53. The third-order valence-corrected chi connectivity index (χ3v) is 1.50. The number of hydrogen-bond acceptors (Lipinski definition) is 1. The zero-order chi connectivity index (χ0) is 7.68. The Bertz CT molecular complexity index is 382. The molecule has 0 saturated heterocycles. The number of H-pyrrole nitrogens is 3. The first-order valence-electron chi connectivity index (χ1n) is 3.27. The van der Waals surface area contributed by atoms with Gasteiger partial charge in [-0.1, -0.05) is 0 Å². The van der Waals surface area contributed by atoms with Crippen LogP contribution in [0.3, 0.4) is 0 Å². The van der Waals surface area contributed by atoms with Crippen molar-refractivity contribution in [2.45, 2.75) is 0 Å². The minimum atomic E-state index is -0.110. The van der Waals surface area contributed by atoms with Crippen LogP contribution in [0.25, 0.3) is 11.3 Å². The molecule has 0 spiro atoms. The van der Waals surface area contributed by atoms with E-state index in [1.807, 2.05) is 12.3 Å². The maximum absolute atomic E-state index is 10.7. The first-order chi connectivity index (χ1) is 5.36. The van der Waals surface area contributed by atoms with Gasteiger partial charge in [0.15, 0.2) is 0 Å². The smallest absolute Gasteiger partial charge is 0.264 e. The van der Waals surface area contributed by atoms with Crippen molar-refractivity contribution in [1.29, 1.82) is 0 Å². The van der Waals surface area contributed by atoms with Crippen molar-refractivity contribution in [2.24, 2.45) is 0 Å². The van der Waals surface area contributed by atoms with E-state index in [0.717, 1.165) is 11.3 Å². The minimum Gasteiger partial charge on any atom is -0.367 e. The number of hydrogen-bond donors (Lipinski definition) is 3. The van der Waals surface area contributed by atoms with Crippen LogP contribution in [0, 0.1) is 0 Å². The topological polar surface area (TPSA) is 64.4 Å². The average Bonchev–Trinajstić information content (AvgIpc) is 2.55. The van der Waals surface area contributed by atoms with Crippen LogP contribution in [0.2, 0.25) is 0 Å². The largest absolute Gasteiger partial charge is 0.367 e. The molecule has 3 N–H and O–H groups in total. The van der Waals surface area contributed by atoms with Gasteiger partial charge in [-0.05, 0) is 6.07 Å². The molecular formula is C7H7N3O. The lowest BCUT2D eigenvalue weighted by molar-refractivity contribution is 1.06. The molecule has 0 atom stereocenters. The second-order valence-electron chi connectivity index (χ2n) is 2.27. The van der Waals surface area contributed by atoms with E-state index >= 15 is 0 Å². The van der Waals surface area contributed by atoms with Crippen molar-refractivity contribution < 1.29 is 0 Å². The molecule has 0 saturated carbocycles. The Morgan fingerprint density at radius 2 is 2.18 bits per heavy atom. The molecule has 0 unspecified atom stereocenters. The first kappa shape index (κ1) is 6.03. The predicted molar refractivity (Wildman–Crippen MR) is 41.2 cm³/mol. The molecule has 2 aromatic rings. The van der Waals surface area contributed by atoms with Crippen LogP contribution in [-0.4, -0.2) is 15.2 Å². The lowest BCUT2D eigenvalue weighted by atomic mass is 10.2. The van der Waals surface area contributed by atoms with Crippen molar-refractivity contribution in [1.82, 2.24) is 15.2 Å². The van der Waals surface area contributed by atoms with E-state index in [1.54, 1.807) is 6.20 Å². The summed E-state index contributed by atoms with van der Waals surface area (Å²) >= 11 is 0. The molecule has 4 heteroatoms. The van der Waals surface area contributed by atoms with Crippen molar-refractivity contribution >= 4 is 0 Å². The number of nitrogens with one attached hydrogen (secondary N) is 3. The summed E-state index contributed by atoms with van der Waals surface area (Å²) in [6.45, 7) is 0. The Morgan fingerprint density at radius 3 is 2.73 bits per heavy atom. The molecular weight excluding hydrogens is 142 g/mol. The molecule has 0 fully saturated rings. The molecule has 0 bridgehead atoms. The molecule has 0 aromatic carbocycles. The second kappa shape index (κ2) is 2.16. The van der Waals surface area contributed by atoms with Gasteiger partial charge in [-0.3, -0.25) is 15.0 Å². The molecule has 2 aromatic heterocycles. The number of aromatic nitrogens is 3. The van der Waals surface area contributed by atoms with Crippen LogP contribution in [0.15, 0.2) is 29.3 Å². The summed E-state index contributed by atoms with van der Waals surface area (Å²) in [7, 11) is 0. The number of rotatable bonds is 1. The monoisotopic (exact) mass is 149 g/mol. The average molecular weight is 149 g/mol. The normalized spacial score (nSPS) is 10.2. The molecule has 2 rings (SSSR count). The van der Waals surface area contributed by atoms with Gasteiger partial charge in [0.2, 0.25) is 0 Å². The van der Waals surface area contributed by atoms with E-state index < -0.39 is 0 Å². The molecule has 0 radical (unpaired) electrons. The third-order valence-electron chi connectivity index (χ3n) is 1.50. The van der Waals surface area contributed by atoms with Crippen LogP contribution >= 0.6 is 0 Å². The van der Waals surface area contributed by atoms with Gasteiger partial charge in [-0.2, -0.15) is 0 Å². The summed E-state index contributed by atoms with van der Waals surface area (Å²) in [4.78, 5) is 13.6. The predicted octanol–water partition coefficient (Wildman–Crippen LogP) is 0.698. The molecule has 0 aliphatic carbocycles. The fourth-order valence-electron chi connectivity index (χ4n) is 0.979. The molecule has 0 aliphatic rings. The van der Waals surface area contributed by atoms with Crippen LogP contribution in [0.4, 0.5) is 0 Å². The number of aromatic amines is 3. The van der Waals surface area contributed by atoms with Crippen LogP contribution in [-0.2, 0) is 0 Å². The quantitative estimate of drug-likeness (QED) is 0.549. The third kappa shape index (κ3) is 0.980. The second-order valence-corrected chi connectivity index (χ2v) is 2.27. The van der Waals surface area contributed by atoms with Gasteiger partial charge in [0.25, 0.3) is 5.56 Å². The van der Waals surface area contributed by atoms with Gasteiger partial charge in [0.1, 0.15) is 0 Å². The lowest BCUT2D eigenvalue weighted by Crippen LogP contribution is -1.93. The highest BCUT2D eigenvalue weighted by Gasteiger charge is 1.98. The lowest BCUT2D eigenvalue weighted by Gasteiger charge is -1.85. The van der Waals surface area contributed by atoms with E-state index in [9.17, 15) is 4.79 Å². The van der Waals surface area contributed by atoms with Gasteiger partial charge < -0.3 is 4.98 Å². The molecule has 11 heavy (non-hydrogen) atoms. The Hall–Kier alpha value is -1.71. The zero-order valence-electron chi connectivity index (χ0n) is 5.72. The summed E-state index contributed by atoms with van der Waals surface area (Å²) in [5.41, 5.74) is 1.67. The Morgan fingerprint density at radius 1 is 1.27 bits per heavy atom. The highest BCUT2D eigenvalue weighted by atomic mass is 16.1. The molecule has 2 heterocycles. The Labute approximate surface area is 62.3 Å². The Kier molecular flexibility index (Phi) is 1.18. The zero-order valence-corrected chi connectivity index (χ0v) is 5.72. The van der Waals surface area contributed by atoms with E-state index in [4.69, 9.17) is 0 Å². The van der Waals surface area contributed by atoms with Gasteiger partial charge in [-0.15, -0.1) is 0 Å². The highest BCUT2D eigenvalue weighted by molar-refractivity contribution is 5.56. The van der Waals surface area contributed by atoms with Gasteiger partial charge in [0.05, 0.1) is 5.69 Å². The maximum Gasteiger partial charge on any atom is 0.264 e. The SMILES string of the molecule is O=c1cc(-c2cc[nH]c2)[nH][nH]1. The van der Waals surface area contributed by atoms with Crippen molar-refractivity contribution in [3.63, 3.8) is 0 Å². The van der Waals surface area contributed by atoms with E-state index in [0.29, 0.717) is 0 Å². The van der Waals surface area contributed by atoms with E-state index in [-0.39, 0.29) is 5.56 Å².